The monoisotopic (exact) mass is 248 g/mol. The molecule has 1 aliphatic rings. The molecule has 6 heteroatoms. The molecule has 1 aromatic rings. The molecule has 0 atom stereocenters. The number of imide groups is 1. The molecule has 0 radical (unpaired) electrons. The van der Waals surface area contributed by atoms with Crippen LogP contribution in [0.1, 0.15) is 12.5 Å². The van der Waals surface area contributed by atoms with Crippen molar-refractivity contribution in [1.82, 2.24) is 10.6 Å². The lowest BCUT2D eigenvalue weighted by molar-refractivity contribution is -0.115. The predicted octanol–water partition coefficient (Wildman–Crippen LogP) is 0.971. The lowest BCUT2D eigenvalue weighted by atomic mass is 10.1. The highest BCUT2D eigenvalue weighted by Gasteiger charge is 2.22. The molecule has 0 bridgehead atoms. The Morgan fingerprint density at radius 1 is 1.33 bits per heavy atom. The van der Waals surface area contributed by atoms with E-state index in [9.17, 15) is 14.7 Å². The maximum absolute atomic E-state index is 11.3. The summed E-state index contributed by atoms with van der Waals surface area (Å²) in [6.07, 6.45) is 1.50. The van der Waals surface area contributed by atoms with Crippen LogP contribution in [0.3, 0.4) is 0 Å². The van der Waals surface area contributed by atoms with Crippen molar-refractivity contribution in [1.29, 1.82) is 0 Å². The Kier molecular flexibility index (Phi) is 3.18. The number of rotatable bonds is 3. The molecule has 0 aromatic heterocycles. The highest BCUT2D eigenvalue weighted by molar-refractivity contribution is 6.13. The Balaban J connectivity index is 2.29. The van der Waals surface area contributed by atoms with Gasteiger partial charge >= 0.3 is 6.03 Å². The van der Waals surface area contributed by atoms with Gasteiger partial charge in [0.05, 0.1) is 6.61 Å². The zero-order valence-corrected chi connectivity index (χ0v) is 9.69. The molecule has 1 saturated heterocycles. The van der Waals surface area contributed by atoms with E-state index in [1.54, 1.807) is 19.1 Å². The van der Waals surface area contributed by atoms with Gasteiger partial charge in [-0.25, -0.2) is 4.79 Å². The lowest BCUT2D eigenvalue weighted by Gasteiger charge is -2.06. The third kappa shape index (κ3) is 2.42. The van der Waals surface area contributed by atoms with Crippen LogP contribution in [0.5, 0.6) is 11.5 Å². The molecule has 0 unspecified atom stereocenters. The Labute approximate surface area is 103 Å². The van der Waals surface area contributed by atoms with E-state index in [0.717, 1.165) is 0 Å². The molecule has 6 nitrogen and oxygen atoms in total. The summed E-state index contributed by atoms with van der Waals surface area (Å²) in [5.74, 6) is -0.124. The second-order valence-corrected chi connectivity index (χ2v) is 3.63. The minimum Gasteiger partial charge on any atom is -0.504 e. The third-order valence-electron chi connectivity index (χ3n) is 2.31. The van der Waals surface area contributed by atoms with E-state index in [0.29, 0.717) is 17.9 Å². The fourth-order valence-electron chi connectivity index (χ4n) is 1.54. The van der Waals surface area contributed by atoms with E-state index in [1.807, 2.05) is 0 Å². The van der Waals surface area contributed by atoms with Crippen LogP contribution in [-0.4, -0.2) is 23.7 Å². The van der Waals surface area contributed by atoms with Crippen molar-refractivity contribution in [2.45, 2.75) is 6.92 Å². The third-order valence-corrected chi connectivity index (χ3v) is 2.31. The van der Waals surface area contributed by atoms with E-state index in [-0.39, 0.29) is 11.4 Å². The summed E-state index contributed by atoms with van der Waals surface area (Å²) in [4.78, 5) is 22.3. The van der Waals surface area contributed by atoms with Crippen LogP contribution in [-0.2, 0) is 4.79 Å². The fourth-order valence-corrected chi connectivity index (χ4v) is 1.54. The Bertz CT molecular complexity index is 537. The zero-order chi connectivity index (χ0) is 13.1. The number of nitrogens with one attached hydrogen (secondary N) is 2. The number of phenols is 1. The van der Waals surface area contributed by atoms with Gasteiger partial charge in [-0.3, -0.25) is 10.1 Å². The van der Waals surface area contributed by atoms with Crippen molar-refractivity contribution in [3.63, 3.8) is 0 Å². The van der Waals surface area contributed by atoms with Gasteiger partial charge in [-0.15, -0.1) is 0 Å². The van der Waals surface area contributed by atoms with Gasteiger partial charge in [0.2, 0.25) is 0 Å². The molecule has 2 rings (SSSR count). The fraction of sp³-hybridized carbons (Fsp3) is 0.167. The van der Waals surface area contributed by atoms with Gasteiger partial charge in [-0.1, -0.05) is 6.07 Å². The number of hydrogen-bond donors (Lipinski definition) is 3. The molecule has 0 spiro atoms. The number of hydrogen-bond acceptors (Lipinski definition) is 4. The first kappa shape index (κ1) is 12.0. The van der Waals surface area contributed by atoms with E-state index in [1.165, 1.54) is 12.1 Å². The average molecular weight is 248 g/mol. The van der Waals surface area contributed by atoms with Gasteiger partial charge in [-0.2, -0.15) is 0 Å². The summed E-state index contributed by atoms with van der Waals surface area (Å²) in [6.45, 7) is 2.22. The number of carbonyl (C=O) groups excluding carboxylic acids is 2. The van der Waals surface area contributed by atoms with Crippen LogP contribution < -0.4 is 15.4 Å². The lowest BCUT2D eigenvalue weighted by Crippen LogP contribution is -2.22. The van der Waals surface area contributed by atoms with Gasteiger partial charge in [0, 0.05) is 0 Å². The second-order valence-electron chi connectivity index (χ2n) is 3.63. The number of urea groups is 1. The highest BCUT2D eigenvalue weighted by Crippen LogP contribution is 2.27. The van der Waals surface area contributed by atoms with Crippen molar-refractivity contribution < 1.29 is 19.4 Å². The standard InChI is InChI=1S/C12H12N2O4/c1-2-18-10-6-7(3-4-9(10)15)5-8-11(16)14-12(17)13-8/h3-6,15H,2H2,1H3,(H2,13,14,16,17). The molecule has 18 heavy (non-hydrogen) atoms. The smallest absolute Gasteiger partial charge is 0.326 e. The SMILES string of the molecule is CCOc1cc(C=C2NC(=O)NC2=O)ccc1O. The molecule has 3 amide bonds. The van der Waals surface area contributed by atoms with Crippen LogP contribution in [0.2, 0.25) is 0 Å². The first-order chi connectivity index (χ1) is 8.60. The maximum atomic E-state index is 11.3. The maximum Gasteiger partial charge on any atom is 0.326 e. The van der Waals surface area contributed by atoms with Crippen molar-refractivity contribution in [2.24, 2.45) is 0 Å². The highest BCUT2D eigenvalue weighted by atomic mass is 16.5. The first-order valence-corrected chi connectivity index (χ1v) is 5.40. The number of amides is 3. The Hall–Kier alpha value is -2.50. The minimum absolute atomic E-state index is 0.0268. The Morgan fingerprint density at radius 3 is 2.72 bits per heavy atom. The van der Waals surface area contributed by atoms with Crippen LogP contribution in [0.25, 0.3) is 6.08 Å². The van der Waals surface area contributed by atoms with Crippen molar-refractivity contribution >= 4 is 18.0 Å². The molecule has 3 N–H and O–H groups in total. The summed E-state index contributed by atoms with van der Waals surface area (Å²) in [5, 5.41) is 14.0. The van der Waals surface area contributed by atoms with Gasteiger partial charge < -0.3 is 15.2 Å². The van der Waals surface area contributed by atoms with E-state index < -0.39 is 11.9 Å². The van der Waals surface area contributed by atoms with Crippen LogP contribution in [0, 0.1) is 0 Å². The molecule has 94 valence electrons. The van der Waals surface area contributed by atoms with Crippen LogP contribution in [0.4, 0.5) is 4.79 Å². The first-order valence-electron chi connectivity index (χ1n) is 5.40. The average Bonchev–Trinajstić information content (AvgIpc) is 2.62. The minimum atomic E-state index is -0.546. The summed E-state index contributed by atoms with van der Waals surface area (Å²) < 4.78 is 5.22. The van der Waals surface area contributed by atoms with Gasteiger partial charge in [0.25, 0.3) is 5.91 Å². The molecule has 1 fully saturated rings. The molecular weight excluding hydrogens is 236 g/mol. The van der Waals surface area contributed by atoms with E-state index in [2.05, 4.69) is 10.6 Å². The number of phenolic OH excluding ortho intramolecular Hbond substituents is 1. The zero-order valence-electron chi connectivity index (χ0n) is 9.69. The van der Waals surface area contributed by atoms with Gasteiger partial charge in [0.1, 0.15) is 5.70 Å². The topological polar surface area (TPSA) is 87.7 Å². The largest absolute Gasteiger partial charge is 0.504 e. The quantitative estimate of drug-likeness (QED) is 0.549. The van der Waals surface area contributed by atoms with E-state index in [4.69, 9.17) is 4.74 Å². The molecule has 1 aromatic carbocycles. The van der Waals surface area contributed by atoms with Crippen LogP contribution >= 0.6 is 0 Å². The normalized spacial score (nSPS) is 16.6. The summed E-state index contributed by atoms with van der Waals surface area (Å²) in [6, 6.07) is 4.12. The van der Waals surface area contributed by atoms with Crippen molar-refractivity contribution in [3.05, 3.63) is 29.5 Å². The molecule has 0 aliphatic carbocycles. The molecular formula is C12H12N2O4. The van der Waals surface area contributed by atoms with Gasteiger partial charge in [0.15, 0.2) is 11.5 Å². The number of ether oxygens (including phenoxy) is 1. The summed E-state index contributed by atoms with van der Waals surface area (Å²) >= 11 is 0. The van der Waals surface area contributed by atoms with Crippen molar-refractivity contribution in [3.8, 4) is 11.5 Å². The van der Waals surface area contributed by atoms with Gasteiger partial charge in [-0.05, 0) is 30.7 Å². The van der Waals surface area contributed by atoms with Crippen molar-refractivity contribution in [2.75, 3.05) is 6.61 Å². The number of benzene rings is 1. The Morgan fingerprint density at radius 2 is 2.11 bits per heavy atom. The number of carbonyl (C=O) groups is 2. The predicted molar refractivity (Wildman–Crippen MR) is 63.9 cm³/mol. The molecule has 0 saturated carbocycles. The van der Waals surface area contributed by atoms with Crippen LogP contribution in [0.15, 0.2) is 23.9 Å². The summed E-state index contributed by atoms with van der Waals surface area (Å²) in [5.41, 5.74) is 0.803. The molecule has 1 heterocycles. The summed E-state index contributed by atoms with van der Waals surface area (Å²) in [7, 11) is 0. The molecule has 1 aliphatic heterocycles. The number of aromatic hydroxyl groups is 1. The van der Waals surface area contributed by atoms with E-state index >= 15 is 0 Å². The second kappa shape index (κ2) is 4.79.